The minimum absolute atomic E-state index is 0.206. The highest BCUT2D eigenvalue weighted by atomic mass is 16.5. The van der Waals surface area contributed by atoms with Crippen molar-refractivity contribution < 1.29 is 4.74 Å². The molecule has 0 unspecified atom stereocenters. The number of ether oxygens (including phenoxy) is 1. The zero-order valence-corrected chi connectivity index (χ0v) is 11.3. The van der Waals surface area contributed by atoms with Crippen LogP contribution in [0.1, 0.15) is 5.56 Å². The van der Waals surface area contributed by atoms with Gasteiger partial charge < -0.3 is 15.4 Å². The standard InChI is InChI=1S/C14H15N5O/c1-10-7-11(3-4-12(10)20-2)19-14-8-13(16-6-5-15)17-9-18-14/h3-4,7-9H,6H2,1-2H3,(H2,16,17,18,19). The fraction of sp³-hybridized carbons (Fsp3) is 0.214. The van der Waals surface area contributed by atoms with Gasteiger partial charge in [-0.05, 0) is 30.7 Å². The number of aromatic nitrogens is 2. The van der Waals surface area contributed by atoms with E-state index in [1.54, 1.807) is 13.2 Å². The largest absolute Gasteiger partial charge is 0.496 e. The van der Waals surface area contributed by atoms with Crippen LogP contribution in [-0.2, 0) is 0 Å². The lowest BCUT2D eigenvalue weighted by atomic mass is 10.2. The maximum Gasteiger partial charge on any atom is 0.135 e. The van der Waals surface area contributed by atoms with Crippen molar-refractivity contribution in [1.29, 1.82) is 5.26 Å². The van der Waals surface area contributed by atoms with Gasteiger partial charge in [0.25, 0.3) is 0 Å². The highest BCUT2D eigenvalue weighted by Crippen LogP contribution is 2.23. The summed E-state index contributed by atoms with van der Waals surface area (Å²) in [6, 6.07) is 9.53. The van der Waals surface area contributed by atoms with Crippen LogP contribution in [-0.4, -0.2) is 23.6 Å². The van der Waals surface area contributed by atoms with Gasteiger partial charge in [-0.25, -0.2) is 9.97 Å². The van der Waals surface area contributed by atoms with E-state index in [1.165, 1.54) is 6.33 Å². The molecule has 2 aromatic rings. The predicted octanol–water partition coefficient (Wildman–Crippen LogP) is 2.47. The number of rotatable bonds is 5. The summed E-state index contributed by atoms with van der Waals surface area (Å²) in [6.07, 6.45) is 1.44. The molecule has 0 fully saturated rings. The van der Waals surface area contributed by atoms with Gasteiger partial charge in [0, 0.05) is 11.8 Å². The number of anilines is 3. The molecule has 102 valence electrons. The van der Waals surface area contributed by atoms with Gasteiger partial charge >= 0.3 is 0 Å². The van der Waals surface area contributed by atoms with Crippen molar-refractivity contribution in [2.24, 2.45) is 0 Å². The average Bonchev–Trinajstić information content (AvgIpc) is 2.46. The molecule has 1 heterocycles. The van der Waals surface area contributed by atoms with E-state index in [9.17, 15) is 0 Å². The number of hydrogen-bond acceptors (Lipinski definition) is 6. The highest BCUT2D eigenvalue weighted by Gasteiger charge is 2.02. The third-order valence-corrected chi connectivity index (χ3v) is 2.68. The van der Waals surface area contributed by atoms with Crippen LogP contribution in [0.4, 0.5) is 17.3 Å². The summed E-state index contributed by atoms with van der Waals surface area (Å²) in [4.78, 5) is 8.17. The molecule has 2 N–H and O–H groups in total. The number of nitriles is 1. The normalized spacial score (nSPS) is 9.65. The molecule has 0 saturated carbocycles. The first-order valence-electron chi connectivity index (χ1n) is 6.07. The smallest absolute Gasteiger partial charge is 0.135 e. The van der Waals surface area contributed by atoms with Crippen molar-refractivity contribution >= 4 is 17.3 Å². The lowest BCUT2D eigenvalue weighted by Gasteiger charge is -2.10. The van der Waals surface area contributed by atoms with Crippen LogP contribution >= 0.6 is 0 Å². The van der Waals surface area contributed by atoms with E-state index in [-0.39, 0.29) is 6.54 Å². The van der Waals surface area contributed by atoms with Crippen LogP contribution in [0.3, 0.4) is 0 Å². The predicted molar refractivity (Wildman–Crippen MR) is 77.1 cm³/mol. The van der Waals surface area contributed by atoms with Crippen molar-refractivity contribution in [2.75, 3.05) is 24.3 Å². The number of aryl methyl sites for hydroxylation is 1. The Kier molecular flexibility index (Phi) is 4.35. The van der Waals surface area contributed by atoms with Gasteiger partial charge in [0.2, 0.25) is 0 Å². The molecule has 2 rings (SSSR count). The van der Waals surface area contributed by atoms with Gasteiger partial charge in [-0.2, -0.15) is 5.26 Å². The lowest BCUT2D eigenvalue weighted by molar-refractivity contribution is 0.412. The summed E-state index contributed by atoms with van der Waals surface area (Å²) < 4.78 is 5.22. The monoisotopic (exact) mass is 269 g/mol. The van der Waals surface area contributed by atoms with E-state index in [4.69, 9.17) is 10.00 Å². The quantitative estimate of drug-likeness (QED) is 0.811. The Morgan fingerprint density at radius 2 is 2.05 bits per heavy atom. The van der Waals surface area contributed by atoms with Crippen LogP contribution in [0.15, 0.2) is 30.6 Å². The highest BCUT2D eigenvalue weighted by molar-refractivity contribution is 5.61. The van der Waals surface area contributed by atoms with Crippen molar-refractivity contribution in [1.82, 2.24) is 9.97 Å². The molecule has 0 bridgehead atoms. The first-order valence-corrected chi connectivity index (χ1v) is 6.07. The Hall–Kier alpha value is -2.81. The molecule has 6 nitrogen and oxygen atoms in total. The minimum atomic E-state index is 0.206. The van der Waals surface area contributed by atoms with E-state index in [1.807, 2.05) is 31.2 Å². The fourth-order valence-corrected chi connectivity index (χ4v) is 1.76. The van der Waals surface area contributed by atoms with Crippen LogP contribution in [0.5, 0.6) is 5.75 Å². The maximum atomic E-state index is 8.53. The molecule has 0 saturated heterocycles. The Bertz CT molecular complexity index is 636. The van der Waals surface area contributed by atoms with Gasteiger partial charge in [0.15, 0.2) is 0 Å². The second kappa shape index (κ2) is 6.38. The first kappa shape index (κ1) is 13.6. The summed E-state index contributed by atoms with van der Waals surface area (Å²) in [5.74, 6) is 2.11. The molecule has 0 radical (unpaired) electrons. The molecule has 0 amide bonds. The number of nitrogens with one attached hydrogen (secondary N) is 2. The van der Waals surface area contributed by atoms with Gasteiger partial charge in [0.1, 0.15) is 30.3 Å². The Labute approximate surface area is 117 Å². The summed E-state index contributed by atoms with van der Waals surface area (Å²) in [5.41, 5.74) is 1.95. The van der Waals surface area contributed by atoms with Crippen LogP contribution in [0, 0.1) is 18.3 Å². The SMILES string of the molecule is COc1ccc(Nc2cc(NCC#N)ncn2)cc1C. The summed E-state index contributed by atoms with van der Waals surface area (Å²) in [5, 5.41) is 14.6. The summed E-state index contributed by atoms with van der Waals surface area (Å²) in [7, 11) is 1.65. The van der Waals surface area contributed by atoms with Gasteiger partial charge in [-0.15, -0.1) is 0 Å². The van der Waals surface area contributed by atoms with E-state index < -0.39 is 0 Å². The first-order chi connectivity index (χ1) is 9.72. The Morgan fingerprint density at radius 1 is 1.25 bits per heavy atom. The third kappa shape index (κ3) is 3.36. The molecule has 1 aromatic heterocycles. The lowest BCUT2D eigenvalue weighted by Crippen LogP contribution is -2.02. The van der Waals surface area contributed by atoms with Crippen LogP contribution in [0.25, 0.3) is 0 Å². The van der Waals surface area contributed by atoms with E-state index in [2.05, 4.69) is 20.6 Å². The Morgan fingerprint density at radius 3 is 2.75 bits per heavy atom. The van der Waals surface area contributed by atoms with E-state index in [0.29, 0.717) is 11.6 Å². The molecule has 0 aliphatic carbocycles. The van der Waals surface area contributed by atoms with Gasteiger partial charge in [-0.1, -0.05) is 0 Å². The zero-order chi connectivity index (χ0) is 14.4. The number of benzene rings is 1. The van der Waals surface area contributed by atoms with Gasteiger partial charge in [-0.3, -0.25) is 0 Å². The maximum absolute atomic E-state index is 8.53. The van der Waals surface area contributed by atoms with E-state index >= 15 is 0 Å². The topological polar surface area (TPSA) is 82.9 Å². The second-order valence-electron chi connectivity index (χ2n) is 4.11. The van der Waals surface area contributed by atoms with Crippen LogP contribution < -0.4 is 15.4 Å². The molecule has 0 spiro atoms. The molecule has 0 atom stereocenters. The Balaban J connectivity index is 2.13. The summed E-state index contributed by atoms with van der Waals surface area (Å²) >= 11 is 0. The average molecular weight is 269 g/mol. The third-order valence-electron chi connectivity index (χ3n) is 2.68. The van der Waals surface area contributed by atoms with Crippen molar-refractivity contribution in [3.05, 3.63) is 36.2 Å². The molecular formula is C14H15N5O. The number of hydrogen-bond donors (Lipinski definition) is 2. The molecule has 20 heavy (non-hydrogen) atoms. The van der Waals surface area contributed by atoms with E-state index in [0.717, 1.165) is 17.0 Å². The van der Waals surface area contributed by atoms with Crippen LogP contribution in [0.2, 0.25) is 0 Å². The van der Waals surface area contributed by atoms with Crippen molar-refractivity contribution in [3.8, 4) is 11.8 Å². The molecular weight excluding hydrogens is 254 g/mol. The molecule has 6 heteroatoms. The molecule has 0 aliphatic rings. The second-order valence-corrected chi connectivity index (χ2v) is 4.11. The fourth-order valence-electron chi connectivity index (χ4n) is 1.76. The minimum Gasteiger partial charge on any atom is -0.496 e. The zero-order valence-electron chi connectivity index (χ0n) is 11.3. The molecule has 1 aromatic carbocycles. The van der Waals surface area contributed by atoms with Gasteiger partial charge in [0.05, 0.1) is 13.2 Å². The van der Waals surface area contributed by atoms with Crippen molar-refractivity contribution in [3.63, 3.8) is 0 Å². The summed E-state index contributed by atoms with van der Waals surface area (Å²) in [6.45, 7) is 2.18. The number of nitrogens with zero attached hydrogens (tertiary/aromatic N) is 3. The molecule has 0 aliphatic heterocycles. The van der Waals surface area contributed by atoms with Crippen molar-refractivity contribution in [2.45, 2.75) is 6.92 Å². The number of methoxy groups -OCH3 is 1.